The Kier molecular flexibility index (Phi) is 5.51. The van der Waals surface area contributed by atoms with Crippen LogP contribution in [0.25, 0.3) is 0 Å². The number of carbonyl (C=O) groups is 2. The summed E-state index contributed by atoms with van der Waals surface area (Å²) in [6, 6.07) is 13.7. The Balaban J connectivity index is 1.53. The first-order valence-electron chi connectivity index (χ1n) is 8.48. The molecule has 1 atom stereocenters. The van der Waals surface area contributed by atoms with Gasteiger partial charge in [0.1, 0.15) is 18.2 Å². The van der Waals surface area contributed by atoms with Gasteiger partial charge in [0.05, 0.1) is 5.92 Å². The molecular weight excluding hydrogens is 337 g/mol. The van der Waals surface area contributed by atoms with Gasteiger partial charge in [-0.15, -0.1) is 0 Å². The number of nitrogens with zero attached hydrogens (tertiary/aromatic N) is 1. The number of rotatable bonds is 7. The fourth-order valence-electron chi connectivity index (χ4n) is 2.96. The van der Waals surface area contributed by atoms with Crippen molar-refractivity contribution in [1.82, 2.24) is 4.90 Å². The first kappa shape index (κ1) is 17.9. The van der Waals surface area contributed by atoms with Gasteiger partial charge in [0.15, 0.2) is 0 Å². The summed E-state index contributed by atoms with van der Waals surface area (Å²) in [6.07, 6.45) is 0.710. The van der Waals surface area contributed by atoms with E-state index in [0.717, 1.165) is 11.1 Å². The maximum absolute atomic E-state index is 12.9. The van der Waals surface area contributed by atoms with Crippen LogP contribution >= 0.6 is 0 Å². The zero-order valence-electron chi connectivity index (χ0n) is 14.2. The number of aliphatic carboxylic acids is 1. The monoisotopic (exact) mass is 357 g/mol. The summed E-state index contributed by atoms with van der Waals surface area (Å²) >= 11 is 0. The minimum Gasteiger partial charge on any atom is -0.489 e. The van der Waals surface area contributed by atoms with Gasteiger partial charge < -0.3 is 14.7 Å². The van der Waals surface area contributed by atoms with E-state index >= 15 is 0 Å². The Bertz CT molecular complexity index is 791. The predicted octanol–water partition coefficient (Wildman–Crippen LogP) is 2.88. The number of carbonyl (C=O) groups excluding carboxylic acids is 1. The zero-order valence-corrected chi connectivity index (χ0v) is 14.2. The summed E-state index contributed by atoms with van der Waals surface area (Å²) in [5.41, 5.74) is 1.88. The molecule has 26 heavy (non-hydrogen) atoms. The summed E-state index contributed by atoms with van der Waals surface area (Å²) in [7, 11) is 0. The molecule has 0 aliphatic carbocycles. The number of halogens is 1. The highest BCUT2D eigenvalue weighted by molar-refractivity contribution is 5.86. The van der Waals surface area contributed by atoms with Crippen molar-refractivity contribution in [3.8, 4) is 5.75 Å². The Labute approximate surface area is 151 Å². The lowest BCUT2D eigenvalue weighted by Gasteiger charge is -2.16. The van der Waals surface area contributed by atoms with E-state index in [1.807, 2.05) is 24.3 Å². The van der Waals surface area contributed by atoms with E-state index in [-0.39, 0.29) is 24.7 Å². The fraction of sp³-hybridized carbons (Fsp3) is 0.300. The van der Waals surface area contributed by atoms with E-state index in [2.05, 4.69) is 0 Å². The first-order valence-corrected chi connectivity index (χ1v) is 8.48. The molecule has 3 rings (SSSR count). The third kappa shape index (κ3) is 4.59. The van der Waals surface area contributed by atoms with Crippen LogP contribution in [0.1, 0.15) is 17.5 Å². The topological polar surface area (TPSA) is 66.8 Å². The van der Waals surface area contributed by atoms with Gasteiger partial charge in [0.25, 0.3) is 0 Å². The highest BCUT2D eigenvalue weighted by Gasteiger charge is 2.33. The van der Waals surface area contributed by atoms with Crippen LogP contribution in [0.5, 0.6) is 5.75 Å². The molecule has 1 heterocycles. The lowest BCUT2D eigenvalue weighted by atomic mass is 10.1. The van der Waals surface area contributed by atoms with Gasteiger partial charge in [0.2, 0.25) is 5.91 Å². The number of hydrogen-bond donors (Lipinski definition) is 1. The number of carboxylic acid groups (broad SMARTS) is 1. The smallest absolute Gasteiger partial charge is 0.308 e. The van der Waals surface area contributed by atoms with E-state index in [4.69, 9.17) is 9.84 Å². The molecule has 0 bridgehead atoms. The van der Waals surface area contributed by atoms with Crippen LogP contribution in [0.15, 0.2) is 48.5 Å². The van der Waals surface area contributed by atoms with Crippen LogP contribution in [-0.4, -0.2) is 35.0 Å². The minimum atomic E-state index is -0.919. The normalized spacial score (nSPS) is 16.7. The van der Waals surface area contributed by atoms with Crippen molar-refractivity contribution in [3.63, 3.8) is 0 Å². The van der Waals surface area contributed by atoms with Gasteiger partial charge in [0, 0.05) is 19.5 Å². The lowest BCUT2D eigenvalue weighted by Crippen LogP contribution is -2.28. The maximum Gasteiger partial charge on any atom is 0.308 e. The quantitative estimate of drug-likeness (QED) is 0.827. The number of carboxylic acids is 1. The highest BCUT2D eigenvalue weighted by Crippen LogP contribution is 2.20. The van der Waals surface area contributed by atoms with Gasteiger partial charge in [-0.25, -0.2) is 4.39 Å². The minimum absolute atomic E-state index is 0.0795. The average molecular weight is 357 g/mol. The molecule has 0 saturated carbocycles. The van der Waals surface area contributed by atoms with Crippen molar-refractivity contribution >= 4 is 11.9 Å². The molecule has 136 valence electrons. The second-order valence-corrected chi connectivity index (χ2v) is 6.39. The molecule has 1 aliphatic rings. The van der Waals surface area contributed by atoms with E-state index in [1.165, 1.54) is 12.1 Å². The Morgan fingerprint density at radius 1 is 1.19 bits per heavy atom. The molecule has 1 fully saturated rings. The van der Waals surface area contributed by atoms with E-state index in [1.54, 1.807) is 17.0 Å². The fourth-order valence-corrected chi connectivity index (χ4v) is 2.96. The van der Waals surface area contributed by atoms with Crippen LogP contribution in [-0.2, 0) is 22.6 Å². The third-order valence-electron chi connectivity index (χ3n) is 4.45. The Morgan fingerprint density at radius 3 is 2.65 bits per heavy atom. The van der Waals surface area contributed by atoms with Gasteiger partial charge in [-0.1, -0.05) is 24.3 Å². The maximum atomic E-state index is 12.9. The summed E-state index contributed by atoms with van der Waals surface area (Å²) in [5.74, 6) is -1.22. The van der Waals surface area contributed by atoms with E-state index in [0.29, 0.717) is 25.3 Å². The lowest BCUT2D eigenvalue weighted by molar-refractivity contribution is -0.141. The second kappa shape index (κ2) is 7.99. The van der Waals surface area contributed by atoms with Gasteiger partial charge in [-0.05, 0) is 41.8 Å². The molecule has 1 amide bonds. The van der Waals surface area contributed by atoms with E-state index < -0.39 is 11.9 Å². The van der Waals surface area contributed by atoms with Crippen LogP contribution in [0.2, 0.25) is 0 Å². The van der Waals surface area contributed by atoms with Crippen molar-refractivity contribution in [2.75, 3.05) is 13.1 Å². The average Bonchev–Trinajstić information content (AvgIpc) is 3.01. The number of hydrogen-bond acceptors (Lipinski definition) is 3. The van der Waals surface area contributed by atoms with Crippen LogP contribution in [0, 0.1) is 11.7 Å². The highest BCUT2D eigenvalue weighted by atomic mass is 19.1. The largest absolute Gasteiger partial charge is 0.489 e. The SMILES string of the molecule is O=C(O)C1CC(=O)N(CCc2cccc(OCc3ccc(F)cc3)c2)C1. The molecule has 1 aliphatic heterocycles. The molecular formula is C20H20FNO4. The molecule has 0 spiro atoms. The summed E-state index contributed by atoms with van der Waals surface area (Å²) in [5, 5.41) is 9.02. The van der Waals surface area contributed by atoms with Crippen molar-refractivity contribution in [3.05, 3.63) is 65.5 Å². The second-order valence-electron chi connectivity index (χ2n) is 6.39. The molecule has 2 aromatic rings. The van der Waals surface area contributed by atoms with Crippen LogP contribution < -0.4 is 4.74 Å². The molecule has 2 aromatic carbocycles. The number of amides is 1. The molecule has 0 aromatic heterocycles. The Morgan fingerprint density at radius 2 is 1.96 bits per heavy atom. The first-order chi connectivity index (χ1) is 12.5. The van der Waals surface area contributed by atoms with Gasteiger partial charge in [-0.2, -0.15) is 0 Å². The van der Waals surface area contributed by atoms with Crippen molar-refractivity contribution in [2.45, 2.75) is 19.4 Å². The van der Waals surface area contributed by atoms with Crippen molar-refractivity contribution in [1.29, 1.82) is 0 Å². The molecule has 0 radical (unpaired) electrons. The number of benzene rings is 2. The van der Waals surface area contributed by atoms with Crippen molar-refractivity contribution in [2.24, 2.45) is 5.92 Å². The molecule has 1 unspecified atom stereocenters. The number of likely N-dealkylation sites (tertiary alicyclic amines) is 1. The van der Waals surface area contributed by atoms with Gasteiger partial charge >= 0.3 is 5.97 Å². The summed E-state index contributed by atoms with van der Waals surface area (Å²) in [4.78, 5) is 24.5. The summed E-state index contributed by atoms with van der Waals surface area (Å²) < 4.78 is 18.6. The summed E-state index contributed by atoms with van der Waals surface area (Å²) in [6.45, 7) is 1.10. The molecule has 5 nitrogen and oxygen atoms in total. The van der Waals surface area contributed by atoms with Crippen molar-refractivity contribution < 1.29 is 23.8 Å². The number of ether oxygens (including phenoxy) is 1. The third-order valence-corrected chi connectivity index (χ3v) is 4.45. The zero-order chi connectivity index (χ0) is 18.5. The van der Waals surface area contributed by atoms with Gasteiger partial charge in [-0.3, -0.25) is 9.59 Å². The van der Waals surface area contributed by atoms with Crippen LogP contribution in [0.4, 0.5) is 4.39 Å². The predicted molar refractivity (Wildman–Crippen MR) is 93.2 cm³/mol. The Hall–Kier alpha value is -2.89. The molecule has 6 heteroatoms. The van der Waals surface area contributed by atoms with E-state index in [9.17, 15) is 14.0 Å². The standard InChI is InChI=1S/C20H20FNO4/c21-17-6-4-15(5-7-17)13-26-18-3-1-2-14(10-18)8-9-22-12-16(20(24)25)11-19(22)23/h1-7,10,16H,8-9,11-13H2,(H,24,25). The van der Waals surface area contributed by atoms with Crippen LogP contribution in [0.3, 0.4) is 0 Å². The molecule has 1 N–H and O–H groups in total. The molecule has 1 saturated heterocycles.